The number of thioether (sulfide) groups is 1. The Morgan fingerprint density at radius 3 is 2.62 bits per heavy atom. The van der Waals surface area contributed by atoms with Gasteiger partial charge in [0.05, 0.1) is 11.6 Å². The molecular formula is C13H23Cl2IN4S. The highest BCUT2D eigenvalue weighted by molar-refractivity contribution is 14.0. The summed E-state index contributed by atoms with van der Waals surface area (Å²) in [6.45, 7) is 4.35. The molecule has 0 bridgehead atoms. The maximum Gasteiger partial charge on any atom is 0.191 e. The first kappa shape index (κ1) is 21.2. The number of nitrogens with one attached hydrogen (secondary N) is 2. The first-order chi connectivity index (χ1) is 9.60. The molecule has 1 heterocycles. The van der Waals surface area contributed by atoms with Gasteiger partial charge >= 0.3 is 0 Å². The van der Waals surface area contributed by atoms with E-state index in [1.54, 1.807) is 0 Å². The van der Waals surface area contributed by atoms with E-state index in [0.717, 1.165) is 36.9 Å². The molecule has 1 rings (SSSR count). The summed E-state index contributed by atoms with van der Waals surface area (Å²) in [5, 5.41) is 7.66. The van der Waals surface area contributed by atoms with E-state index >= 15 is 0 Å². The first-order valence-corrected chi connectivity index (χ1v) is 8.75. The lowest BCUT2D eigenvalue weighted by Crippen LogP contribution is -2.37. The van der Waals surface area contributed by atoms with Gasteiger partial charge in [0, 0.05) is 25.8 Å². The number of nitrogens with zero attached hydrogens (tertiary/aromatic N) is 2. The molecule has 0 radical (unpaired) electrons. The van der Waals surface area contributed by atoms with Crippen LogP contribution < -0.4 is 10.6 Å². The second-order valence-corrected chi connectivity index (χ2v) is 6.05. The van der Waals surface area contributed by atoms with Gasteiger partial charge in [-0.2, -0.15) is 11.8 Å². The van der Waals surface area contributed by atoms with Crippen LogP contribution >= 0.6 is 58.9 Å². The van der Waals surface area contributed by atoms with E-state index in [0.29, 0.717) is 16.7 Å². The normalized spacial score (nSPS) is 11.2. The van der Waals surface area contributed by atoms with Crippen LogP contribution in [0.3, 0.4) is 0 Å². The molecule has 4 nitrogen and oxygen atoms in total. The van der Waals surface area contributed by atoms with Gasteiger partial charge < -0.3 is 15.2 Å². The molecule has 0 saturated carbocycles. The predicted octanol–water partition coefficient (Wildman–Crippen LogP) is 3.76. The van der Waals surface area contributed by atoms with Crippen LogP contribution in [0.4, 0.5) is 0 Å². The van der Waals surface area contributed by atoms with E-state index in [9.17, 15) is 0 Å². The Balaban J connectivity index is 0.00000400. The van der Waals surface area contributed by atoms with Gasteiger partial charge in [0.15, 0.2) is 5.96 Å². The number of hydrogen-bond acceptors (Lipinski definition) is 2. The van der Waals surface area contributed by atoms with Gasteiger partial charge in [0.25, 0.3) is 0 Å². The molecule has 0 unspecified atom stereocenters. The minimum absolute atomic E-state index is 0. The third-order valence-corrected chi connectivity index (χ3v) is 4.32. The number of aromatic nitrogens is 1. The molecule has 0 fully saturated rings. The zero-order valence-electron chi connectivity index (χ0n) is 12.6. The van der Waals surface area contributed by atoms with E-state index in [1.165, 1.54) is 0 Å². The van der Waals surface area contributed by atoms with Gasteiger partial charge in [0.1, 0.15) is 5.15 Å². The zero-order chi connectivity index (χ0) is 15.0. The van der Waals surface area contributed by atoms with Crippen molar-refractivity contribution in [2.24, 2.45) is 12.0 Å². The number of guanidine groups is 1. The second kappa shape index (κ2) is 11.7. The third-order valence-electron chi connectivity index (χ3n) is 2.78. The standard InChI is InChI=1S/C13H22Cl2N4S.HI/c1-4-16-13(17-6-5-7-20-3)18-9-10-8-11(14)12(15)19(10)2;/h8H,4-7,9H2,1-3H3,(H2,16,17,18);1H. The smallest absolute Gasteiger partial charge is 0.191 e. The van der Waals surface area contributed by atoms with Crippen LogP contribution in [0, 0.1) is 0 Å². The van der Waals surface area contributed by atoms with Gasteiger partial charge in [-0.1, -0.05) is 23.2 Å². The van der Waals surface area contributed by atoms with Crippen molar-refractivity contribution >= 4 is 64.9 Å². The molecule has 1 aromatic heterocycles. The van der Waals surface area contributed by atoms with Crippen LogP contribution in [0.1, 0.15) is 19.0 Å². The van der Waals surface area contributed by atoms with Gasteiger partial charge in [-0.3, -0.25) is 0 Å². The summed E-state index contributed by atoms with van der Waals surface area (Å²) in [6, 6.07) is 1.85. The molecule has 0 atom stereocenters. The number of halogens is 3. The van der Waals surface area contributed by atoms with Crippen LogP contribution in [-0.2, 0) is 13.6 Å². The van der Waals surface area contributed by atoms with Crippen LogP contribution in [0.25, 0.3) is 0 Å². The molecule has 0 amide bonds. The fraction of sp³-hybridized carbons (Fsp3) is 0.615. The third kappa shape index (κ3) is 7.34. The summed E-state index contributed by atoms with van der Waals surface area (Å²) in [6.07, 6.45) is 3.23. The summed E-state index contributed by atoms with van der Waals surface area (Å²) in [7, 11) is 1.89. The lowest BCUT2D eigenvalue weighted by molar-refractivity contribution is 0.774. The summed E-state index contributed by atoms with van der Waals surface area (Å²) in [5.41, 5.74) is 0.987. The lowest BCUT2D eigenvalue weighted by Gasteiger charge is -2.11. The lowest BCUT2D eigenvalue weighted by atomic mass is 10.4. The van der Waals surface area contributed by atoms with Crippen molar-refractivity contribution in [2.75, 3.05) is 25.1 Å². The van der Waals surface area contributed by atoms with E-state index in [2.05, 4.69) is 28.8 Å². The Labute approximate surface area is 158 Å². The summed E-state index contributed by atoms with van der Waals surface area (Å²) in [5.74, 6) is 1.97. The van der Waals surface area contributed by atoms with E-state index < -0.39 is 0 Å². The molecule has 1 aromatic rings. The van der Waals surface area contributed by atoms with Crippen molar-refractivity contribution in [3.63, 3.8) is 0 Å². The zero-order valence-corrected chi connectivity index (χ0v) is 17.2. The summed E-state index contributed by atoms with van der Waals surface area (Å²) < 4.78 is 1.85. The van der Waals surface area contributed by atoms with Crippen molar-refractivity contribution in [3.05, 3.63) is 21.9 Å². The van der Waals surface area contributed by atoms with Gasteiger partial charge in [-0.05, 0) is 31.4 Å². The second-order valence-electron chi connectivity index (χ2n) is 4.30. The minimum Gasteiger partial charge on any atom is -0.357 e. The summed E-state index contributed by atoms with van der Waals surface area (Å²) in [4.78, 5) is 4.55. The maximum atomic E-state index is 6.04. The molecule has 0 aliphatic heterocycles. The highest BCUT2D eigenvalue weighted by atomic mass is 127. The van der Waals surface area contributed by atoms with Crippen molar-refractivity contribution in [1.82, 2.24) is 15.2 Å². The van der Waals surface area contributed by atoms with Crippen LogP contribution in [0.5, 0.6) is 0 Å². The molecule has 0 aromatic carbocycles. The van der Waals surface area contributed by atoms with Crippen molar-refractivity contribution in [3.8, 4) is 0 Å². The van der Waals surface area contributed by atoms with E-state index in [1.807, 2.05) is 29.4 Å². The number of hydrogen-bond donors (Lipinski definition) is 2. The molecule has 21 heavy (non-hydrogen) atoms. The predicted molar refractivity (Wildman–Crippen MR) is 107 cm³/mol. The Kier molecular flexibility index (Phi) is 11.9. The quantitative estimate of drug-likeness (QED) is 0.279. The minimum atomic E-state index is 0. The van der Waals surface area contributed by atoms with Crippen LogP contribution in [-0.4, -0.2) is 35.6 Å². The fourth-order valence-corrected chi connectivity index (χ4v) is 2.51. The van der Waals surface area contributed by atoms with Crippen molar-refractivity contribution < 1.29 is 0 Å². The molecular weight excluding hydrogens is 442 g/mol. The topological polar surface area (TPSA) is 41.4 Å². The maximum absolute atomic E-state index is 6.04. The van der Waals surface area contributed by atoms with Gasteiger partial charge in [-0.25, -0.2) is 4.99 Å². The van der Waals surface area contributed by atoms with Gasteiger partial charge in [-0.15, -0.1) is 24.0 Å². The first-order valence-electron chi connectivity index (χ1n) is 6.60. The van der Waals surface area contributed by atoms with Gasteiger partial charge in [0.2, 0.25) is 0 Å². The van der Waals surface area contributed by atoms with Crippen molar-refractivity contribution in [2.45, 2.75) is 19.9 Å². The largest absolute Gasteiger partial charge is 0.357 e. The molecule has 2 N–H and O–H groups in total. The van der Waals surface area contributed by atoms with E-state index in [-0.39, 0.29) is 24.0 Å². The number of aliphatic imine (C=N–C) groups is 1. The molecule has 8 heteroatoms. The van der Waals surface area contributed by atoms with Crippen LogP contribution in [0.15, 0.2) is 11.1 Å². The highest BCUT2D eigenvalue weighted by Crippen LogP contribution is 2.25. The van der Waals surface area contributed by atoms with Crippen molar-refractivity contribution in [1.29, 1.82) is 0 Å². The fourth-order valence-electron chi connectivity index (χ4n) is 1.67. The Morgan fingerprint density at radius 1 is 1.38 bits per heavy atom. The SMILES string of the molecule is CCNC(=NCc1cc(Cl)c(Cl)n1C)NCCCSC.I. The number of rotatable bonds is 7. The average Bonchev–Trinajstić information content (AvgIpc) is 2.68. The Bertz CT molecular complexity index is 452. The van der Waals surface area contributed by atoms with E-state index in [4.69, 9.17) is 23.2 Å². The Morgan fingerprint density at radius 2 is 2.10 bits per heavy atom. The molecule has 0 saturated heterocycles. The molecule has 0 spiro atoms. The molecule has 122 valence electrons. The summed E-state index contributed by atoms with van der Waals surface area (Å²) >= 11 is 13.9. The molecule has 0 aliphatic rings. The molecule has 0 aliphatic carbocycles. The monoisotopic (exact) mass is 464 g/mol. The highest BCUT2D eigenvalue weighted by Gasteiger charge is 2.08. The average molecular weight is 465 g/mol. The van der Waals surface area contributed by atoms with Crippen LogP contribution in [0.2, 0.25) is 10.2 Å². The Hall–Kier alpha value is 0.210.